The Labute approximate surface area is 160 Å². The molecule has 2 amide bonds. The van der Waals surface area contributed by atoms with Gasteiger partial charge < -0.3 is 16.0 Å². The maximum Gasteiger partial charge on any atom is 0.251 e. The van der Waals surface area contributed by atoms with E-state index >= 15 is 0 Å². The molecule has 1 heterocycles. The summed E-state index contributed by atoms with van der Waals surface area (Å²) in [5.74, 6) is -0.0969. The van der Waals surface area contributed by atoms with E-state index in [1.54, 1.807) is 12.1 Å². The SMILES string of the molecule is Cl.O=C(CCCNC(=O)c1ccccc1)NCc1ccc2c(c1)CNC2. The van der Waals surface area contributed by atoms with E-state index in [2.05, 4.69) is 34.1 Å². The molecule has 1 aliphatic rings. The number of hydrogen-bond acceptors (Lipinski definition) is 3. The Kier molecular flexibility index (Phi) is 7.63. The lowest BCUT2D eigenvalue weighted by molar-refractivity contribution is -0.121. The van der Waals surface area contributed by atoms with Gasteiger partial charge in [-0.05, 0) is 35.2 Å². The van der Waals surface area contributed by atoms with Gasteiger partial charge in [-0.15, -0.1) is 12.4 Å². The molecule has 3 N–H and O–H groups in total. The second kappa shape index (κ2) is 9.94. The van der Waals surface area contributed by atoms with Crippen molar-refractivity contribution >= 4 is 24.2 Å². The molecule has 2 aromatic rings. The van der Waals surface area contributed by atoms with Crippen molar-refractivity contribution in [1.29, 1.82) is 0 Å². The Morgan fingerprint density at radius 3 is 2.54 bits per heavy atom. The molecule has 3 rings (SSSR count). The predicted octanol–water partition coefficient (Wildman–Crippen LogP) is 2.54. The molecule has 0 fully saturated rings. The number of carbonyl (C=O) groups is 2. The van der Waals surface area contributed by atoms with Gasteiger partial charge in [-0.1, -0.05) is 36.4 Å². The van der Waals surface area contributed by atoms with Gasteiger partial charge in [0.15, 0.2) is 0 Å². The summed E-state index contributed by atoms with van der Waals surface area (Å²) in [6.45, 7) is 2.86. The van der Waals surface area contributed by atoms with Gasteiger partial charge in [0.25, 0.3) is 5.91 Å². The minimum Gasteiger partial charge on any atom is -0.352 e. The molecule has 6 heteroatoms. The van der Waals surface area contributed by atoms with Crippen LogP contribution in [0.2, 0.25) is 0 Å². The molecule has 0 unspecified atom stereocenters. The zero-order chi connectivity index (χ0) is 17.5. The molecular weight excluding hydrogens is 350 g/mol. The van der Waals surface area contributed by atoms with Crippen molar-refractivity contribution in [1.82, 2.24) is 16.0 Å². The normalized spacial score (nSPS) is 12.0. The summed E-state index contributed by atoms with van der Waals surface area (Å²) >= 11 is 0. The fourth-order valence-corrected chi connectivity index (χ4v) is 2.89. The summed E-state index contributed by atoms with van der Waals surface area (Å²) in [7, 11) is 0. The van der Waals surface area contributed by atoms with Crippen LogP contribution in [0.3, 0.4) is 0 Å². The first kappa shape index (κ1) is 19.9. The van der Waals surface area contributed by atoms with Gasteiger partial charge in [0, 0.05) is 38.2 Å². The number of hydrogen-bond donors (Lipinski definition) is 3. The van der Waals surface area contributed by atoms with Crippen molar-refractivity contribution in [2.24, 2.45) is 0 Å². The first-order valence-electron chi connectivity index (χ1n) is 8.64. The van der Waals surface area contributed by atoms with E-state index < -0.39 is 0 Å². The summed E-state index contributed by atoms with van der Waals surface area (Å²) < 4.78 is 0. The lowest BCUT2D eigenvalue weighted by Gasteiger charge is -2.08. The zero-order valence-electron chi connectivity index (χ0n) is 14.6. The topological polar surface area (TPSA) is 70.2 Å². The summed E-state index contributed by atoms with van der Waals surface area (Å²) in [6, 6.07) is 15.4. The third-order valence-electron chi connectivity index (χ3n) is 4.29. The van der Waals surface area contributed by atoms with Gasteiger partial charge in [-0.3, -0.25) is 9.59 Å². The van der Waals surface area contributed by atoms with Crippen LogP contribution < -0.4 is 16.0 Å². The highest BCUT2D eigenvalue weighted by Gasteiger charge is 2.10. The number of halogens is 1. The Hall–Kier alpha value is -2.37. The second-order valence-corrected chi connectivity index (χ2v) is 6.21. The van der Waals surface area contributed by atoms with E-state index in [4.69, 9.17) is 0 Å². The van der Waals surface area contributed by atoms with Crippen molar-refractivity contribution in [3.63, 3.8) is 0 Å². The highest BCUT2D eigenvalue weighted by Crippen LogP contribution is 2.16. The maximum absolute atomic E-state index is 11.9. The summed E-state index contributed by atoms with van der Waals surface area (Å²) in [6.07, 6.45) is 1.03. The summed E-state index contributed by atoms with van der Waals surface area (Å²) in [5, 5.41) is 9.08. The number of benzene rings is 2. The molecule has 26 heavy (non-hydrogen) atoms. The lowest BCUT2D eigenvalue weighted by atomic mass is 10.1. The molecule has 5 nitrogen and oxygen atoms in total. The van der Waals surface area contributed by atoms with Crippen LogP contribution >= 0.6 is 12.4 Å². The standard InChI is InChI=1S/C20H23N3O2.ClH/c24-19(7-4-10-22-20(25)16-5-2-1-3-6-16)23-12-15-8-9-17-13-21-14-18(17)11-15;/h1-3,5-6,8-9,11,21H,4,7,10,12-14H2,(H,22,25)(H,23,24);1H. The summed E-state index contributed by atoms with van der Waals surface area (Å²) in [5.41, 5.74) is 4.41. The van der Waals surface area contributed by atoms with Crippen molar-refractivity contribution in [2.75, 3.05) is 6.54 Å². The van der Waals surface area contributed by atoms with E-state index in [0.29, 0.717) is 31.5 Å². The molecule has 0 bridgehead atoms. The molecule has 0 spiro atoms. The van der Waals surface area contributed by atoms with Crippen molar-refractivity contribution in [3.05, 3.63) is 70.8 Å². The van der Waals surface area contributed by atoms with Crippen LogP contribution in [0.1, 0.15) is 39.9 Å². The number of carbonyl (C=O) groups excluding carboxylic acids is 2. The predicted molar refractivity (Wildman–Crippen MR) is 104 cm³/mol. The van der Waals surface area contributed by atoms with E-state index in [-0.39, 0.29) is 24.2 Å². The molecule has 0 saturated heterocycles. The molecule has 0 aromatic heterocycles. The Morgan fingerprint density at radius 2 is 1.73 bits per heavy atom. The number of fused-ring (bicyclic) bond motifs is 1. The zero-order valence-corrected chi connectivity index (χ0v) is 15.4. The summed E-state index contributed by atoms with van der Waals surface area (Å²) in [4.78, 5) is 23.8. The van der Waals surface area contributed by atoms with Crippen LogP contribution in [0.4, 0.5) is 0 Å². The largest absolute Gasteiger partial charge is 0.352 e. The quantitative estimate of drug-likeness (QED) is 0.653. The Morgan fingerprint density at radius 1 is 0.962 bits per heavy atom. The minimum atomic E-state index is -0.104. The van der Waals surface area contributed by atoms with Gasteiger partial charge in [-0.25, -0.2) is 0 Å². The molecule has 2 aromatic carbocycles. The lowest BCUT2D eigenvalue weighted by Crippen LogP contribution is -2.27. The molecule has 1 aliphatic heterocycles. The second-order valence-electron chi connectivity index (χ2n) is 6.21. The molecule has 138 valence electrons. The highest BCUT2D eigenvalue weighted by atomic mass is 35.5. The number of amides is 2. The van der Waals surface area contributed by atoms with Crippen LogP contribution in [-0.4, -0.2) is 18.4 Å². The molecular formula is C20H24ClN3O2. The third-order valence-corrected chi connectivity index (χ3v) is 4.29. The maximum atomic E-state index is 11.9. The molecule has 0 aliphatic carbocycles. The number of rotatable bonds is 7. The third kappa shape index (κ3) is 5.58. The van der Waals surface area contributed by atoms with Crippen molar-refractivity contribution < 1.29 is 9.59 Å². The average molecular weight is 374 g/mol. The van der Waals surface area contributed by atoms with Gasteiger partial charge in [0.2, 0.25) is 5.91 Å². The monoisotopic (exact) mass is 373 g/mol. The smallest absolute Gasteiger partial charge is 0.251 e. The van der Waals surface area contributed by atoms with Crippen LogP contribution in [0.5, 0.6) is 0 Å². The Bertz CT molecular complexity index is 750. The van der Waals surface area contributed by atoms with E-state index in [9.17, 15) is 9.59 Å². The first-order valence-corrected chi connectivity index (χ1v) is 8.64. The van der Waals surface area contributed by atoms with Crippen LogP contribution in [0.15, 0.2) is 48.5 Å². The first-order chi connectivity index (χ1) is 12.2. The average Bonchev–Trinajstić information content (AvgIpc) is 3.12. The van der Waals surface area contributed by atoms with E-state index in [1.165, 1.54) is 11.1 Å². The van der Waals surface area contributed by atoms with Gasteiger partial charge >= 0.3 is 0 Å². The molecule has 0 saturated carbocycles. The van der Waals surface area contributed by atoms with Crippen LogP contribution in [-0.2, 0) is 24.4 Å². The fourth-order valence-electron chi connectivity index (χ4n) is 2.89. The minimum absolute atomic E-state index is 0. The van der Waals surface area contributed by atoms with Gasteiger partial charge in [0.1, 0.15) is 0 Å². The fraction of sp³-hybridized carbons (Fsp3) is 0.300. The van der Waals surface area contributed by atoms with Crippen LogP contribution in [0.25, 0.3) is 0 Å². The molecule has 0 radical (unpaired) electrons. The van der Waals surface area contributed by atoms with Crippen LogP contribution in [0, 0.1) is 0 Å². The van der Waals surface area contributed by atoms with Gasteiger partial charge in [0.05, 0.1) is 0 Å². The highest BCUT2D eigenvalue weighted by molar-refractivity contribution is 5.94. The van der Waals surface area contributed by atoms with E-state index in [0.717, 1.165) is 18.7 Å². The van der Waals surface area contributed by atoms with Crippen molar-refractivity contribution in [2.45, 2.75) is 32.5 Å². The number of nitrogens with one attached hydrogen (secondary N) is 3. The van der Waals surface area contributed by atoms with Gasteiger partial charge in [-0.2, -0.15) is 0 Å². The molecule has 0 atom stereocenters. The van der Waals surface area contributed by atoms with Crippen molar-refractivity contribution in [3.8, 4) is 0 Å². The Balaban J connectivity index is 0.00000243. The van der Waals surface area contributed by atoms with E-state index in [1.807, 2.05) is 18.2 Å².